The Morgan fingerprint density at radius 2 is 1.75 bits per heavy atom. The number of anilines is 1. The Balaban J connectivity index is 1.53. The van der Waals surface area contributed by atoms with Crippen LogP contribution < -0.4 is 14.8 Å². The van der Waals surface area contributed by atoms with Crippen molar-refractivity contribution in [2.45, 2.75) is 27.0 Å². The maximum absolute atomic E-state index is 6.29. The van der Waals surface area contributed by atoms with Crippen molar-refractivity contribution in [1.82, 2.24) is 0 Å². The van der Waals surface area contributed by atoms with Gasteiger partial charge in [-0.15, -0.1) is 0 Å². The van der Waals surface area contributed by atoms with E-state index < -0.39 is 0 Å². The summed E-state index contributed by atoms with van der Waals surface area (Å²) in [5.74, 6) is 1.54. The zero-order chi connectivity index (χ0) is 22.5. The van der Waals surface area contributed by atoms with Gasteiger partial charge in [-0.25, -0.2) is 0 Å². The lowest BCUT2D eigenvalue weighted by Crippen LogP contribution is -2.05. The van der Waals surface area contributed by atoms with Gasteiger partial charge in [0, 0.05) is 17.3 Å². The molecule has 4 aromatic rings. The fourth-order valence-electron chi connectivity index (χ4n) is 3.60. The van der Waals surface area contributed by atoms with Gasteiger partial charge >= 0.3 is 0 Å². The summed E-state index contributed by atoms with van der Waals surface area (Å²) in [5.41, 5.74) is 4.33. The molecule has 1 N–H and O–H groups in total. The van der Waals surface area contributed by atoms with Crippen molar-refractivity contribution in [3.63, 3.8) is 0 Å². The first kappa shape index (κ1) is 22.7. The van der Waals surface area contributed by atoms with Gasteiger partial charge in [0.25, 0.3) is 0 Å². The molecule has 4 aromatic carbocycles. The van der Waals surface area contributed by atoms with E-state index in [-0.39, 0.29) is 0 Å². The molecular formula is C27H25ClINO2. The summed E-state index contributed by atoms with van der Waals surface area (Å²) < 4.78 is 13.3. The second-order valence-corrected chi connectivity index (χ2v) is 9.15. The van der Waals surface area contributed by atoms with Crippen LogP contribution in [0.25, 0.3) is 10.8 Å². The van der Waals surface area contributed by atoms with Crippen LogP contribution in [-0.4, -0.2) is 6.61 Å². The predicted molar refractivity (Wildman–Crippen MR) is 142 cm³/mol. The molecule has 0 aliphatic heterocycles. The third-order valence-electron chi connectivity index (χ3n) is 5.29. The number of hydrogen-bond acceptors (Lipinski definition) is 3. The van der Waals surface area contributed by atoms with Crippen molar-refractivity contribution < 1.29 is 9.47 Å². The van der Waals surface area contributed by atoms with Gasteiger partial charge in [0.1, 0.15) is 6.61 Å². The Morgan fingerprint density at radius 1 is 0.938 bits per heavy atom. The summed E-state index contributed by atoms with van der Waals surface area (Å²) in [6, 6.07) is 24.9. The summed E-state index contributed by atoms with van der Waals surface area (Å²) in [6.45, 7) is 5.71. The van der Waals surface area contributed by atoms with Gasteiger partial charge < -0.3 is 14.8 Å². The van der Waals surface area contributed by atoms with Gasteiger partial charge in [-0.05, 0) is 88.2 Å². The van der Waals surface area contributed by atoms with Crippen LogP contribution in [0.2, 0.25) is 5.02 Å². The van der Waals surface area contributed by atoms with E-state index in [1.165, 1.54) is 10.8 Å². The fourth-order valence-corrected chi connectivity index (χ4v) is 4.60. The van der Waals surface area contributed by atoms with Crippen LogP contribution in [0.1, 0.15) is 23.6 Å². The van der Waals surface area contributed by atoms with Crippen LogP contribution in [0.4, 0.5) is 5.69 Å². The van der Waals surface area contributed by atoms with E-state index >= 15 is 0 Å². The Morgan fingerprint density at radius 3 is 2.56 bits per heavy atom. The highest BCUT2D eigenvalue weighted by atomic mass is 127. The van der Waals surface area contributed by atoms with Gasteiger partial charge in [-0.2, -0.15) is 0 Å². The number of rotatable bonds is 8. The normalized spacial score (nSPS) is 10.9. The predicted octanol–water partition coefficient (Wildman–Crippen LogP) is 8.00. The van der Waals surface area contributed by atoms with Crippen molar-refractivity contribution in [2.75, 3.05) is 11.9 Å². The minimum absolute atomic E-state index is 0.483. The van der Waals surface area contributed by atoms with E-state index in [0.29, 0.717) is 19.8 Å². The summed E-state index contributed by atoms with van der Waals surface area (Å²) in [7, 11) is 0. The van der Waals surface area contributed by atoms with Crippen molar-refractivity contribution >= 4 is 50.7 Å². The number of aryl methyl sites for hydroxylation is 1. The van der Waals surface area contributed by atoms with E-state index in [4.69, 9.17) is 21.1 Å². The summed E-state index contributed by atoms with van der Waals surface area (Å²) in [4.78, 5) is 0. The van der Waals surface area contributed by atoms with Crippen LogP contribution in [0.15, 0.2) is 72.8 Å². The molecule has 0 atom stereocenters. The molecule has 0 unspecified atom stereocenters. The minimum Gasteiger partial charge on any atom is -0.490 e. The Bertz CT molecular complexity index is 1240. The summed E-state index contributed by atoms with van der Waals surface area (Å²) in [5, 5.41) is 6.62. The third kappa shape index (κ3) is 5.30. The number of benzene rings is 4. The average molecular weight is 558 g/mol. The molecule has 4 rings (SSSR count). The molecule has 3 nitrogen and oxygen atoms in total. The average Bonchev–Trinajstić information content (AvgIpc) is 2.79. The maximum atomic E-state index is 6.29. The number of halogens is 2. The maximum Gasteiger partial charge on any atom is 0.174 e. The number of fused-ring (bicyclic) bond motifs is 1. The monoisotopic (exact) mass is 557 g/mol. The smallest absolute Gasteiger partial charge is 0.174 e. The van der Waals surface area contributed by atoms with Crippen LogP contribution in [0, 0.1) is 10.5 Å². The molecule has 0 saturated carbocycles. The van der Waals surface area contributed by atoms with E-state index in [9.17, 15) is 0 Å². The van der Waals surface area contributed by atoms with Gasteiger partial charge in [-0.3, -0.25) is 0 Å². The standard InChI is InChI=1S/C27H25ClINO2/c1-3-31-26-14-19(16-30-22-12-11-18(2)24(28)15-22)13-25(29)27(26)32-17-21-9-6-8-20-7-4-5-10-23(20)21/h4-15,30H,3,16-17H2,1-2H3. The van der Waals surface area contributed by atoms with Crippen LogP contribution in [0.3, 0.4) is 0 Å². The van der Waals surface area contributed by atoms with Crippen molar-refractivity contribution in [2.24, 2.45) is 0 Å². The summed E-state index contributed by atoms with van der Waals surface area (Å²) in [6.07, 6.45) is 0. The van der Waals surface area contributed by atoms with E-state index in [2.05, 4.69) is 76.4 Å². The van der Waals surface area contributed by atoms with Crippen LogP contribution in [-0.2, 0) is 13.2 Å². The molecule has 0 saturated heterocycles. The lowest BCUT2D eigenvalue weighted by Gasteiger charge is -2.17. The van der Waals surface area contributed by atoms with Crippen molar-refractivity contribution in [3.8, 4) is 11.5 Å². The van der Waals surface area contributed by atoms with Gasteiger partial charge in [-0.1, -0.05) is 60.1 Å². The van der Waals surface area contributed by atoms with Crippen molar-refractivity contribution in [1.29, 1.82) is 0 Å². The molecule has 0 heterocycles. The number of hydrogen-bond donors (Lipinski definition) is 1. The molecule has 0 spiro atoms. The quantitative estimate of drug-likeness (QED) is 0.223. The van der Waals surface area contributed by atoms with Gasteiger partial charge in [0.15, 0.2) is 11.5 Å². The lowest BCUT2D eigenvalue weighted by molar-refractivity contribution is 0.268. The SMILES string of the molecule is CCOc1cc(CNc2ccc(C)c(Cl)c2)cc(I)c1OCc1cccc2ccccc12. The molecule has 0 amide bonds. The summed E-state index contributed by atoms with van der Waals surface area (Å²) >= 11 is 8.57. The zero-order valence-electron chi connectivity index (χ0n) is 18.1. The minimum atomic E-state index is 0.483. The molecule has 5 heteroatoms. The van der Waals surface area contributed by atoms with Crippen LogP contribution >= 0.6 is 34.2 Å². The highest BCUT2D eigenvalue weighted by Crippen LogP contribution is 2.35. The van der Waals surface area contributed by atoms with Gasteiger partial charge in [0.05, 0.1) is 10.2 Å². The van der Waals surface area contributed by atoms with Crippen LogP contribution in [0.5, 0.6) is 11.5 Å². The zero-order valence-corrected chi connectivity index (χ0v) is 21.0. The van der Waals surface area contributed by atoms with E-state index in [1.807, 2.05) is 38.1 Å². The van der Waals surface area contributed by atoms with E-state index in [0.717, 1.165) is 42.5 Å². The Labute approximate surface area is 207 Å². The first-order chi connectivity index (χ1) is 15.5. The molecule has 0 fully saturated rings. The Hall–Kier alpha value is -2.44. The van der Waals surface area contributed by atoms with Gasteiger partial charge in [0.2, 0.25) is 0 Å². The molecule has 32 heavy (non-hydrogen) atoms. The highest BCUT2D eigenvalue weighted by molar-refractivity contribution is 14.1. The molecule has 0 radical (unpaired) electrons. The molecule has 0 bridgehead atoms. The first-order valence-electron chi connectivity index (χ1n) is 10.6. The van der Waals surface area contributed by atoms with E-state index in [1.54, 1.807) is 0 Å². The number of nitrogens with one attached hydrogen (secondary N) is 1. The molecule has 164 valence electrons. The molecular weight excluding hydrogens is 533 g/mol. The van der Waals surface area contributed by atoms with Crippen molar-refractivity contribution in [3.05, 3.63) is 98.1 Å². The molecule has 0 aromatic heterocycles. The highest BCUT2D eigenvalue weighted by Gasteiger charge is 2.13. The second kappa shape index (κ2) is 10.5. The third-order valence-corrected chi connectivity index (χ3v) is 6.50. The molecule has 0 aliphatic rings. The second-order valence-electron chi connectivity index (χ2n) is 7.58. The fraction of sp³-hybridized carbons (Fsp3) is 0.185. The first-order valence-corrected chi connectivity index (χ1v) is 12.1. The number of ether oxygens (including phenoxy) is 2. The topological polar surface area (TPSA) is 30.5 Å². The lowest BCUT2D eigenvalue weighted by atomic mass is 10.1. The Kier molecular flexibility index (Phi) is 7.43. The largest absolute Gasteiger partial charge is 0.490 e. The molecule has 0 aliphatic carbocycles.